The molecule has 0 atom stereocenters. The molecule has 92 valence electrons. The molecule has 0 saturated carbocycles. The molecule has 8 heteroatoms. The summed E-state index contributed by atoms with van der Waals surface area (Å²) < 4.78 is 10.7. The van der Waals surface area contributed by atoms with Gasteiger partial charge in [-0.3, -0.25) is 0 Å². The minimum Gasteiger partial charge on any atom is -0.425 e. The third kappa shape index (κ3) is 2.28. The molecule has 0 aliphatic heterocycles. The zero-order valence-electron chi connectivity index (χ0n) is 9.45. The molecule has 0 amide bonds. The first-order valence-electron chi connectivity index (χ1n) is 5.20. The Morgan fingerprint density at radius 3 is 2.89 bits per heavy atom. The predicted molar refractivity (Wildman–Crippen MR) is 62.7 cm³/mol. The number of rotatable bonds is 4. The van der Waals surface area contributed by atoms with E-state index < -0.39 is 0 Å². The van der Waals surface area contributed by atoms with Gasteiger partial charge < -0.3 is 13.8 Å². The zero-order valence-corrected chi connectivity index (χ0v) is 10.3. The molecule has 0 bridgehead atoms. The number of aromatic amines is 1. The van der Waals surface area contributed by atoms with E-state index in [1.54, 1.807) is 13.1 Å². The normalized spacial score (nSPS) is 10.9. The van der Waals surface area contributed by atoms with E-state index in [1.807, 2.05) is 12.1 Å². The van der Waals surface area contributed by atoms with E-state index in [0.29, 0.717) is 28.6 Å². The lowest BCUT2D eigenvalue weighted by Gasteiger charge is -1.90. The van der Waals surface area contributed by atoms with Gasteiger partial charge in [0.25, 0.3) is 11.1 Å². The quantitative estimate of drug-likeness (QED) is 0.720. The Bertz CT molecular complexity index is 630. The van der Waals surface area contributed by atoms with Crippen LogP contribution in [0.3, 0.4) is 0 Å². The molecule has 18 heavy (non-hydrogen) atoms. The van der Waals surface area contributed by atoms with E-state index in [-0.39, 0.29) is 0 Å². The number of H-pyrrole nitrogens is 1. The third-order valence-electron chi connectivity index (χ3n) is 2.12. The second kappa shape index (κ2) is 4.65. The summed E-state index contributed by atoms with van der Waals surface area (Å²) in [5.41, 5.74) is 0.794. The maximum Gasteiger partial charge on any atom is 0.277 e. The van der Waals surface area contributed by atoms with Crippen molar-refractivity contribution in [1.29, 1.82) is 0 Å². The summed E-state index contributed by atoms with van der Waals surface area (Å²) in [7, 11) is 0. The van der Waals surface area contributed by atoms with Crippen LogP contribution < -0.4 is 0 Å². The summed E-state index contributed by atoms with van der Waals surface area (Å²) in [6.45, 7) is 1.75. The Kier molecular flexibility index (Phi) is 2.85. The Morgan fingerprint density at radius 1 is 1.22 bits per heavy atom. The average Bonchev–Trinajstić information content (AvgIpc) is 3.07. The van der Waals surface area contributed by atoms with Crippen LogP contribution in [0.5, 0.6) is 0 Å². The second-order valence-corrected chi connectivity index (χ2v) is 4.39. The summed E-state index contributed by atoms with van der Waals surface area (Å²) in [6.07, 6.45) is 1.80. The van der Waals surface area contributed by atoms with Crippen molar-refractivity contribution in [2.45, 2.75) is 17.9 Å². The molecule has 3 heterocycles. The summed E-state index contributed by atoms with van der Waals surface area (Å²) >= 11 is 1.35. The SMILES string of the molecule is Cc1nnc(CSc2nnc(-c3ccc[nH]3)o2)o1. The minimum absolute atomic E-state index is 0.462. The Morgan fingerprint density at radius 2 is 2.17 bits per heavy atom. The van der Waals surface area contributed by atoms with Crippen molar-refractivity contribution in [2.75, 3.05) is 0 Å². The number of hydrogen-bond donors (Lipinski definition) is 1. The molecular weight excluding hydrogens is 254 g/mol. The van der Waals surface area contributed by atoms with Gasteiger partial charge in [0.15, 0.2) is 0 Å². The summed E-state index contributed by atoms with van der Waals surface area (Å²) in [5, 5.41) is 16.0. The molecule has 3 aromatic rings. The molecule has 0 aliphatic rings. The van der Waals surface area contributed by atoms with E-state index in [1.165, 1.54) is 11.8 Å². The summed E-state index contributed by atoms with van der Waals surface area (Å²) in [5.74, 6) is 2.05. The van der Waals surface area contributed by atoms with Gasteiger partial charge in [-0.25, -0.2) is 0 Å². The van der Waals surface area contributed by atoms with Crippen molar-refractivity contribution in [1.82, 2.24) is 25.4 Å². The Hall–Kier alpha value is -2.09. The topological polar surface area (TPSA) is 93.6 Å². The maximum absolute atomic E-state index is 5.48. The van der Waals surface area contributed by atoms with Gasteiger partial charge in [0, 0.05) is 13.1 Å². The molecule has 3 aromatic heterocycles. The first-order valence-corrected chi connectivity index (χ1v) is 6.19. The molecule has 7 nitrogen and oxygen atoms in total. The Labute approximate surface area is 106 Å². The average molecular weight is 263 g/mol. The van der Waals surface area contributed by atoms with Crippen molar-refractivity contribution >= 4 is 11.8 Å². The molecule has 0 saturated heterocycles. The van der Waals surface area contributed by atoms with Crippen molar-refractivity contribution < 1.29 is 8.83 Å². The maximum atomic E-state index is 5.48. The van der Waals surface area contributed by atoms with Crippen LogP contribution in [-0.4, -0.2) is 25.4 Å². The van der Waals surface area contributed by atoms with E-state index >= 15 is 0 Å². The lowest BCUT2D eigenvalue weighted by atomic mass is 10.4. The van der Waals surface area contributed by atoms with Crippen LogP contribution in [0.1, 0.15) is 11.8 Å². The molecule has 3 rings (SSSR count). The fourth-order valence-corrected chi connectivity index (χ4v) is 1.96. The minimum atomic E-state index is 0.462. The van der Waals surface area contributed by atoms with Crippen molar-refractivity contribution in [3.63, 3.8) is 0 Å². The van der Waals surface area contributed by atoms with E-state index in [4.69, 9.17) is 8.83 Å². The highest BCUT2D eigenvalue weighted by Gasteiger charge is 2.11. The zero-order chi connectivity index (χ0) is 12.4. The number of aryl methyl sites for hydroxylation is 1. The monoisotopic (exact) mass is 263 g/mol. The largest absolute Gasteiger partial charge is 0.425 e. The van der Waals surface area contributed by atoms with Crippen LogP contribution in [0, 0.1) is 6.92 Å². The van der Waals surface area contributed by atoms with Gasteiger partial charge in [-0.1, -0.05) is 11.8 Å². The van der Waals surface area contributed by atoms with E-state index in [9.17, 15) is 0 Å². The van der Waals surface area contributed by atoms with Crippen LogP contribution in [0.25, 0.3) is 11.6 Å². The number of hydrogen-bond acceptors (Lipinski definition) is 7. The van der Waals surface area contributed by atoms with Gasteiger partial charge in [-0.05, 0) is 12.1 Å². The lowest BCUT2D eigenvalue weighted by molar-refractivity contribution is 0.461. The standard InChI is InChI=1S/C10H9N5O2S/c1-6-12-13-8(16-6)5-18-10-15-14-9(17-10)7-3-2-4-11-7/h2-4,11H,5H2,1H3. The van der Waals surface area contributed by atoms with Gasteiger partial charge in [0.05, 0.1) is 5.75 Å². The van der Waals surface area contributed by atoms with Crippen molar-refractivity contribution in [3.8, 4) is 11.6 Å². The number of aromatic nitrogens is 5. The molecule has 0 radical (unpaired) electrons. The lowest BCUT2D eigenvalue weighted by Crippen LogP contribution is -1.80. The molecule has 0 unspecified atom stereocenters. The predicted octanol–water partition coefficient (Wildman–Crippen LogP) is 2.05. The van der Waals surface area contributed by atoms with Gasteiger partial charge in [0.2, 0.25) is 11.8 Å². The van der Waals surface area contributed by atoms with Crippen molar-refractivity contribution in [3.05, 3.63) is 30.1 Å². The molecule has 1 N–H and O–H groups in total. The highest BCUT2D eigenvalue weighted by atomic mass is 32.2. The number of thioether (sulfide) groups is 1. The molecule has 0 fully saturated rings. The van der Waals surface area contributed by atoms with Gasteiger partial charge in [0.1, 0.15) is 5.69 Å². The van der Waals surface area contributed by atoms with Gasteiger partial charge in [-0.15, -0.1) is 20.4 Å². The van der Waals surface area contributed by atoms with Crippen LogP contribution in [0.4, 0.5) is 0 Å². The first kappa shape index (κ1) is 11.0. The van der Waals surface area contributed by atoms with Crippen LogP contribution in [0.15, 0.2) is 32.4 Å². The van der Waals surface area contributed by atoms with Gasteiger partial charge >= 0.3 is 0 Å². The highest BCUT2D eigenvalue weighted by molar-refractivity contribution is 7.98. The van der Waals surface area contributed by atoms with Gasteiger partial charge in [-0.2, -0.15) is 0 Å². The molecule has 0 spiro atoms. The van der Waals surface area contributed by atoms with Crippen LogP contribution in [0.2, 0.25) is 0 Å². The number of nitrogens with one attached hydrogen (secondary N) is 1. The third-order valence-corrected chi connectivity index (χ3v) is 2.93. The molecular formula is C10H9N5O2S. The summed E-state index contributed by atoms with van der Waals surface area (Å²) in [4.78, 5) is 3.00. The Balaban J connectivity index is 1.67. The number of nitrogens with zero attached hydrogens (tertiary/aromatic N) is 4. The van der Waals surface area contributed by atoms with Crippen molar-refractivity contribution in [2.24, 2.45) is 0 Å². The van der Waals surface area contributed by atoms with E-state index in [0.717, 1.165) is 5.69 Å². The van der Waals surface area contributed by atoms with E-state index in [2.05, 4.69) is 25.4 Å². The summed E-state index contributed by atoms with van der Waals surface area (Å²) in [6, 6.07) is 3.73. The fourth-order valence-electron chi connectivity index (χ4n) is 1.36. The second-order valence-electron chi connectivity index (χ2n) is 3.46. The smallest absolute Gasteiger partial charge is 0.277 e. The van der Waals surface area contributed by atoms with Crippen LogP contribution in [-0.2, 0) is 5.75 Å². The van der Waals surface area contributed by atoms with Crippen LogP contribution >= 0.6 is 11.8 Å². The molecule has 0 aliphatic carbocycles. The first-order chi connectivity index (χ1) is 8.81. The highest BCUT2D eigenvalue weighted by Crippen LogP contribution is 2.24. The fraction of sp³-hybridized carbons (Fsp3) is 0.200. The molecule has 0 aromatic carbocycles.